The molecule has 0 radical (unpaired) electrons. The molecule has 0 saturated carbocycles. The molecule has 2 atom stereocenters. The second kappa shape index (κ2) is 18.6. The molecule has 0 bridgehead atoms. The van der Waals surface area contributed by atoms with Gasteiger partial charge in [0.05, 0.1) is 0 Å². The first-order valence-electron chi connectivity index (χ1n) is 12.4. The molecule has 0 aromatic heterocycles. The van der Waals surface area contributed by atoms with Crippen molar-refractivity contribution in [3.63, 3.8) is 0 Å². The maximum Gasteiger partial charge on any atom is 0.306 e. The van der Waals surface area contributed by atoms with Gasteiger partial charge in [-0.15, -0.1) is 0 Å². The Labute approximate surface area is 190 Å². The van der Waals surface area contributed by atoms with Crippen LogP contribution in [0.1, 0.15) is 130 Å². The van der Waals surface area contributed by atoms with Crippen LogP contribution in [0, 0.1) is 0 Å². The summed E-state index contributed by atoms with van der Waals surface area (Å²) in [5, 5.41) is -1.07. The van der Waals surface area contributed by atoms with Crippen molar-refractivity contribution in [2.75, 3.05) is 0 Å². The van der Waals surface area contributed by atoms with E-state index in [4.69, 9.17) is 4.74 Å². The lowest BCUT2D eigenvalue weighted by Crippen LogP contribution is -2.37. The zero-order valence-electron chi connectivity index (χ0n) is 20.1. The number of ether oxygens (including phenoxy) is 1. The molecule has 31 heavy (non-hydrogen) atoms. The summed E-state index contributed by atoms with van der Waals surface area (Å²) < 4.78 is 39.2. The maximum atomic E-state index is 12.3. The van der Waals surface area contributed by atoms with Gasteiger partial charge in [0.2, 0.25) is 0 Å². The van der Waals surface area contributed by atoms with Crippen molar-refractivity contribution in [1.82, 2.24) is 0 Å². The fourth-order valence-corrected chi connectivity index (χ4v) is 4.88. The lowest BCUT2D eigenvalue weighted by Gasteiger charge is -2.25. The molecule has 0 heterocycles. The summed E-state index contributed by atoms with van der Waals surface area (Å²) in [5.74, 6) is -0.183. The highest BCUT2D eigenvalue weighted by Gasteiger charge is 2.34. The number of rotatable bonds is 21. The molecule has 0 amide bonds. The van der Waals surface area contributed by atoms with Gasteiger partial charge in [0, 0.05) is 12.8 Å². The van der Waals surface area contributed by atoms with Gasteiger partial charge in [0.1, 0.15) is 17.1 Å². The van der Waals surface area contributed by atoms with Crippen molar-refractivity contribution in [2.45, 2.75) is 141 Å². The van der Waals surface area contributed by atoms with Gasteiger partial charge < -0.3 is 9.53 Å². The summed E-state index contributed by atoms with van der Waals surface area (Å²) in [6.07, 6.45) is 13.3. The van der Waals surface area contributed by atoms with Crippen molar-refractivity contribution < 1.29 is 27.3 Å². The Hall–Kier alpha value is -0.950. The van der Waals surface area contributed by atoms with E-state index in [1.165, 1.54) is 25.7 Å². The van der Waals surface area contributed by atoms with Gasteiger partial charge in [0.25, 0.3) is 10.1 Å². The number of hydrogen-bond donors (Lipinski definition) is 1. The second-order valence-electron chi connectivity index (χ2n) is 8.75. The normalized spacial score (nSPS) is 13.7. The molecule has 0 aliphatic carbocycles. The molecule has 0 aromatic rings. The number of esters is 1. The fraction of sp³-hybridized carbons (Fsp3) is 0.917. The Bertz CT molecular complexity index is 573. The maximum absolute atomic E-state index is 12.3. The Morgan fingerprint density at radius 2 is 1.26 bits per heavy atom. The van der Waals surface area contributed by atoms with E-state index in [-0.39, 0.29) is 18.2 Å². The Kier molecular flexibility index (Phi) is 18.0. The molecule has 2 unspecified atom stereocenters. The van der Waals surface area contributed by atoms with Gasteiger partial charge in [-0.25, -0.2) is 0 Å². The zero-order chi connectivity index (χ0) is 23.5. The van der Waals surface area contributed by atoms with Crippen LogP contribution in [-0.2, 0) is 24.4 Å². The number of ketones is 1. The topological polar surface area (TPSA) is 97.7 Å². The van der Waals surface area contributed by atoms with E-state index >= 15 is 0 Å². The highest BCUT2D eigenvalue weighted by atomic mass is 32.2. The summed E-state index contributed by atoms with van der Waals surface area (Å²) in [6.45, 7) is 5.67. The minimum absolute atomic E-state index is 0.187. The molecule has 0 aromatic carbocycles. The summed E-state index contributed by atoms with van der Waals surface area (Å²) in [5.41, 5.74) is 0. The molecule has 0 spiro atoms. The van der Waals surface area contributed by atoms with Gasteiger partial charge >= 0.3 is 5.97 Å². The Morgan fingerprint density at radius 1 is 0.742 bits per heavy atom. The van der Waals surface area contributed by atoms with E-state index in [2.05, 4.69) is 6.92 Å². The molecular formula is C24H46O6S. The standard InChI is InChI=1S/C24H46O6S/c1-4-6-7-8-9-13-16-20-24(26)30-22(17-5-2)23(31(27,28)29)19-15-12-10-11-14-18-21(3)25/h22-23H,4-20H2,1-3H3,(H,27,28,29). The van der Waals surface area contributed by atoms with Gasteiger partial charge in [-0.05, 0) is 32.6 Å². The lowest BCUT2D eigenvalue weighted by atomic mass is 10.0. The number of Topliss-reactive ketones (excluding diaryl/α,β-unsaturated/α-hetero) is 1. The van der Waals surface area contributed by atoms with Crippen LogP contribution in [0.4, 0.5) is 0 Å². The van der Waals surface area contributed by atoms with Crippen molar-refractivity contribution in [3.8, 4) is 0 Å². The highest BCUT2D eigenvalue weighted by Crippen LogP contribution is 2.22. The predicted octanol–water partition coefficient (Wildman–Crippen LogP) is 6.42. The molecule has 6 nitrogen and oxygen atoms in total. The minimum atomic E-state index is -4.30. The summed E-state index contributed by atoms with van der Waals surface area (Å²) in [6, 6.07) is 0. The fourth-order valence-electron chi connectivity index (χ4n) is 3.84. The molecule has 0 rings (SSSR count). The third-order valence-corrected chi connectivity index (χ3v) is 6.96. The van der Waals surface area contributed by atoms with E-state index < -0.39 is 21.5 Å². The van der Waals surface area contributed by atoms with Gasteiger partial charge in [-0.1, -0.05) is 84.5 Å². The second-order valence-corrected chi connectivity index (χ2v) is 10.4. The van der Waals surface area contributed by atoms with Crippen LogP contribution in [0.15, 0.2) is 0 Å². The van der Waals surface area contributed by atoms with Crippen LogP contribution in [0.3, 0.4) is 0 Å². The quantitative estimate of drug-likeness (QED) is 0.120. The van der Waals surface area contributed by atoms with Crippen LogP contribution in [0.25, 0.3) is 0 Å². The molecule has 0 saturated heterocycles. The number of unbranched alkanes of at least 4 members (excludes halogenated alkanes) is 10. The molecular weight excluding hydrogens is 416 g/mol. The monoisotopic (exact) mass is 462 g/mol. The summed E-state index contributed by atoms with van der Waals surface area (Å²) in [7, 11) is -4.30. The Balaban J connectivity index is 4.45. The number of hydrogen-bond acceptors (Lipinski definition) is 5. The molecule has 7 heteroatoms. The Morgan fingerprint density at radius 3 is 1.77 bits per heavy atom. The minimum Gasteiger partial charge on any atom is -0.461 e. The van der Waals surface area contributed by atoms with E-state index in [9.17, 15) is 22.6 Å². The smallest absolute Gasteiger partial charge is 0.306 e. The van der Waals surface area contributed by atoms with Gasteiger partial charge in [-0.2, -0.15) is 8.42 Å². The highest BCUT2D eigenvalue weighted by molar-refractivity contribution is 7.86. The van der Waals surface area contributed by atoms with Crippen LogP contribution in [0.2, 0.25) is 0 Å². The van der Waals surface area contributed by atoms with Crippen molar-refractivity contribution in [1.29, 1.82) is 0 Å². The third kappa shape index (κ3) is 17.3. The molecule has 0 aliphatic heterocycles. The van der Waals surface area contributed by atoms with E-state index in [1.54, 1.807) is 6.92 Å². The van der Waals surface area contributed by atoms with Crippen molar-refractivity contribution >= 4 is 21.9 Å². The van der Waals surface area contributed by atoms with Crippen LogP contribution in [0.5, 0.6) is 0 Å². The summed E-state index contributed by atoms with van der Waals surface area (Å²) >= 11 is 0. The van der Waals surface area contributed by atoms with Crippen LogP contribution in [-0.4, -0.2) is 36.1 Å². The average Bonchev–Trinajstić information content (AvgIpc) is 2.68. The predicted molar refractivity (Wildman–Crippen MR) is 126 cm³/mol. The first kappa shape index (κ1) is 30.0. The third-order valence-electron chi connectivity index (χ3n) is 5.66. The van der Waals surface area contributed by atoms with Crippen molar-refractivity contribution in [3.05, 3.63) is 0 Å². The summed E-state index contributed by atoms with van der Waals surface area (Å²) in [4.78, 5) is 23.2. The number of carbonyl (C=O) groups is 2. The van der Waals surface area contributed by atoms with Gasteiger partial charge in [0.15, 0.2) is 0 Å². The van der Waals surface area contributed by atoms with E-state index in [0.29, 0.717) is 32.1 Å². The number of carbonyl (C=O) groups excluding carboxylic acids is 2. The van der Waals surface area contributed by atoms with Crippen molar-refractivity contribution in [2.24, 2.45) is 0 Å². The molecule has 184 valence electrons. The van der Waals surface area contributed by atoms with Crippen LogP contribution >= 0.6 is 0 Å². The first-order valence-corrected chi connectivity index (χ1v) is 13.9. The molecule has 1 N–H and O–H groups in total. The zero-order valence-corrected chi connectivity index (χ0v) is 20.9. The molecule has 0 fully saturated rings. The SMILES string of the molecule is CCCCCCCCCC(=O)OC(CCC)C(CCCCCCCC(C)=O)S(=O)(=O)O. The van der Waals surface area contributed by atoms with E-state index in [0.717, 1.165) is 44.9 Å². The van der Waals surface area contributed by atoms with Gasteiger partial charge in [-0.3, -0.25) is 9.35 Å². The first-order chi connectivity index (χ1) is 14.7. The van der Waals surface area contributed by atoms with Crippen LogP contribution < -0.4 is 0 Å². The average molecular weight is 463 g/mol. The molecule has 0 aliphatic rings. The lowest BCUT2D eigenvalue weighted by molar-refractivity contribution is -0.149. The van der Waals surface area contributed by atoms with E-state index in [1.807, 2.05) is 6.92 Å². The largest absolute Gasteiger partial charge is 0.461 e.